The quantitative estimate of drug-likeness (QED) is 0.352. The third kappa shape index (κ3) is 6.48. The maximum absolute atomic E-state index is 12.6. The zero-order valence-corrected chi connectivity index (χ0v) is 20.2. The first kappa shape index (κ1) is 24.6. The van der Waals surface area contributed by atoms with E-state index in [-0.39, 0.29) is 15.3 Å². The van der Waals surface area contributed by atoms with E-state index in [1.54, 1.807) is 25.1 Å². The van der Waals surface area contributed by atoms with Gasteiger partial charge in [-0.05, 0) is 68.5 Å². The smallest absolute Gasteiger partial charge is 0.242 e. The molecule has 172 valence electrons. The van der Waals surface area contributed by atoms with Crippen molar-refractivity contribution in [2.75, 3.05) is 18.4 Å². The van der Waals surface area contributed by atoms with E-state index in [1.165, 1.54) is 24.8 Å². The Morgan fingerprint density at radius 3 is 2.53 bits per heavy atom. The molecule has 2 N–H and O–H groups in total. The Hall–Kier alpha value is -2.07. The number of anilines is 1. The minimum absolute atomic E-state index is 0.0577. The second-order valence-corrected chi connectivity index (χ2v) is 10.5. The van der Waals surface area contributed by atoms with E-state index in [9.17, 15) is 8.42 Å². The summed E-state index contributed by atoms with van der Waals surface area (Å²) in [4.78, 5) is 4.28. The number of rotatable bonds is 10. The number of nitrogens with one attached hydrogen (secondary N) is 2. The lowest BCUT2D eigenvalue weighted by atomic mass is 9.69. The second-order valence-electron chi connectivity index (χ2n) is 8.36. The third-order valence-corrected chi connectivity index (χ3v) is 8.10. The zero-order valence-electron chi connectivity index (χ0n) is 18.7. The molecule has 1 heterocycles. The van der Waals surface area contributed by atoms with Crippen LogP contribution in [0.2, 0.25) is 5.02 Å². The summed E-state index contributed by atoms with van der Waals surface area (Å²) in [5.41, 5.74) is 2.19. The molecule has 0 aliphatic heterocycles. The predicted octanol–water partition coefficient (Wildman–Crippen LogP) is 5.52. The molecule has 7 heteroatoms. The van der Waals surface area contributed by atoms with Crippen LogP contribution in [0.1, 0.15) is 63.9 Å². The van der Waals surface area contributed by atoms with E-state index in [4.69, 9.17) is 11.6 Å². The molecule has 0 saturated heterocycles. The molecule has 5 nitrogen and oxygen atoms in total. The minimum atomic E-state index is -3.64. The van der Waals surface area contributed by atoms with Gasteiger partial charge in [0.05, 0.1) is 5.02 Å². The van der Waals surface area contributed by atoms with Crippen molar-refractivity contribution in [3.05, 3.63) is 53.3 Å². The lowest BCUT2D eigenvalue weighted by Crippen LogP contribution is -2.36. The highest BCUT2D eigenvalue weighted by Crippen LogP contribution is 2.39. The van der Waals surface area contributed by atoms with E-state index in [2.05, 4.69) is 39.0 Å². The molecule has 1 aromatic carbocycles. The first-order valence-electron chi connectivity index (χ1n) is 11.3. The molecular formula is C25H32ClN3O2S. The van der Waals surface area contributed by atoms with Gasteiger partial charge < -0.3 is 5.32 Å². The van der Waals surface area contributed by atoms with Gasteiger partial charge in [0.1, 0.15) is 4.90 Å². The summed E-state index contributed by atoms with van der Waals surface area (Å²) in [7, 11) is -3.64. The molecule has 1 aromatic heterocycles. The van der Waals surface area contributed by atoms with Crippen LogP contribution in [0.15, 0.2) is 47.6 Å². The van der Waals surface area contributed by atoms with Crippen LogP contribution >= 0.6 is 11.6 Å². The molecule has 1 aliphatic carbocycles. The van der Waals surface area contributed by atoms with Gasteiger partial charge in [0, 0.05) is 43.0 Å². The van der Waals surface area contributed by atoms with Crippen LogP contribution in [0.25, 0.3) is 0 Å². The summed E-state index contributed by atoms with van der Waals surface area (Å²) < 4.78 is 27.9. The number of hydrogen-bond donors (Lipinski definition) is 2. The number of benzene rings is 1. The van der Waals surface area contributed by atoms with Crippen LogP contribution in [0.4, 0.5) is 5.69 Å². The Morgan fingerprint density at radius 1 is 1.09 bits per heavy atom. The van der Waals surface area contributed by atoms with Crippen molar-refractivity contribution in [2.24, 2.45) is 0 Å². The number of pyridine rings is 1. The maximum atomic E-state index is 12.6. The van der Waals surface area contributed by atoms with E-state index >= 15 is 0 Å². The Kier molecular flexibility index (Phi) is 8.98. The molecular weight excluding hydrogens is 442 g/mol. The molecule has 2 aromatic rings. The van der Waals surface area contributed by atoms with Gasteiger partial charge in [-0.25, -0.2) is 13.1 Å². The highest BCUT2D eigenvalue weighted by Gasteiger charge is 2.33. The molecule has 0 atom stereocenters. The topological polar surface area (TPSA) is 71.1 Å². The Morgan fingerprint density at radius 2 is 1.84 bits per heavy atom. The van der Waals surface area contributed by atoms with Crippen LogP contribution in [-0.2, 0) is 15.4 Å². The average molecular weight is 474 g/mol. The van der Waals surface area contributed by atoms with Gasteiger partial charge >= 0.3 is 0 Å². The van der Waals surface area contributed by atoms with Gasteiger partial charge in [0.2, 0.25) is 10.0 Å². The normalized spacial score (nSPS) is 15.6. The van der Waals surface area contributed by atoms with Crippen LogP contribution in [0.3, 0.4) is 0 Å². The Bertz CT molecular complexity index is 1040. The van der Waals surface area contributed by atoms with E-state index in [1.807, 2.05) is 12.4 Å². The maximum Gasteiger partial charge on any atom is 0.242 e. The summed E-state index contributed by atoms with van der Waals surface area (Å²) in [5.74, 6) is 5.82. The minimum Gasteiger partial charge on any atom is -0.384 e. The second kappa shape index (κ2) is 11.7. The lowest BCUT2D eigenvalue weighted by molar-refractivity contribution is 0.308. The summed E-state index contributed by atoms with van der Waals surface area (Å²) >= 11 is 6.38. The molecule has 0 bridgehead atoms. The van der Waals surface area contributed by atoms with Crippen molar-refractivity contribution in [3.8, 4) is 11.8 Å². The highest BCUT2D eigenvalue weighted by atomic mass is 35.5. The first-order chi connectivity index (χ1) is 15.5. The monoisotopic (exact) mass is 473 g/mol. The molecule has 3 rings (SSSR count). The number of halogens is 1. The summed E-state index contributed by atoms with van der Waals surface area (Å²) in [6.07, 6.45) is 12.0. The van der Waals surface area contributed by atoms with Crippen molar-refractivity contribution in [2.45, 2.75) is 68.6 Å². The van der Waals surface area contributed by atoms with Gasteiger partial charge in [0.25, 0.3) is 0 Å². The van der Waals surface area contributed by atoms with E-state index in [0.717, 1.165) is 44.3 Å². The zero-order chi connectivity index (χ0) is 22.9. The van der Waals surface area contributed by atoms with Crippen molar-refractivity contribution < 1.29 is 8.42 Å². The number of sulfonamides is 1. The van der Waals surface area contributed by atoms with Gasteiger partial charge in [-0.15, -0.1) is 11.8 Å². The largest absolute Gasteiger partial charge is 0.384 e. The van der Waals surface area contributed by atoms with Crippen molar-refractivity contribution in [1.82, 2.24) is 9.71 Å². The van der Waals surface area contributed by atoms with E-state index in [0.29, 0.717) is 6.54 Å². The number of unbranched alkanes of at least 4 members (excludes halogenated alkanes) is 2. The van der Waals surface area contributed by atoms with Crippen LogP contribution < -0.4 is 10.0 Å². The van der Waals surface area contributed by atoms with Gasteiger partial charge in [0.15, 0.2) is 0 Å². The molecule has 1 fully saturated rings. The fourth-order valence-electron chi connectivity index (χ4n) is 4.35. The summed E-state index contributed by atoms with van der Waals surface area (Å²) in [6.45, 7) is 2.95. The first-order valence-corrected chi connectivity index (χ1v) is 13.2. The fraction of sp³-hybridized carbons (Fsp3) is 0.480. The number of nitrogens with zero attached hydrogens (tertiary/aromatic N) is 1. The van der Waals surface area contributed by atoms with Crippen LogP contribution in [0.5, 0.6) is 0 Å². The molecule has 1 aliphatic rings. The Labute approximate surface area is 197 Å². The Balaban J connectivity index is 1.64. The lowest BCUT2D eigenvalue weighted by Gasteiger charge is -2.38. The molecule has 0 unspecified atom stereocenters. The van der Waals surface area contributed by atoms with E-state index < -0.39 is 10.0 Å². The molecule has 0 radical (unpaired) electrons. The molecule has 0 amide bonds. The van der Waals surface area contributed by atoms with Crippen molar-refractivity contribution >= 4 is 27.3 Å². The molecule has 32 heavy (non-hydrogen) atoms. The molecule has 1 saturated carbocycles. The molecule has 0 spiro atoms. The highest BCUT2D eigenvalue weighted by molar-refractivity contribution is 7.89. The van der Waals surface area contributed by atoms with Gasteiger partial charge in [-0.1, -0.05) is 30.9 Å². The predicted molar refractivity (Wildman–Crippen MR) is 131 cm³/mol. The SMILES string of the molecule is CC#CCCCCNS(=O)(=O)c1ccc(NCC2(c3ccncc3)CCCCC2)cc1Cl. The third-order valence-electron chi connectivity index (χ3n) is 6.15. The van der Waals surface area contributed by atoms with Crippen molar-refractivity contribution in [1.29, 1.82) is 0 Å². The summed E-state index contributed by atoms with van der Waals surface area (Å²) in [6, 6.07) is 9.29. The van der Waals surface area contributed by atoms with Gasteiger partial charge in [-0.3, -0.25) is 4.98 Å². The van der Waals surface area contributed by atoms with Gasteiger partial charge in [-0.2, -0.15) is 0 Å². The number of hydrogen-bond acceptors (Lipinski definition) is 4. The van der Waals surface area contributed by atoms with Crippen LogP contribution in [-0.4, -0.2) is 26.5 Å². The summed E-state index contributed by atoms with van der Waals surface area (Å²) in [5, 5.41) is 3.74. The fourth-order valence-corrected chi connectivity index (χ4v) is 5.97. The number of aromatic nitrogens is 1. The van der Waals surface area contributed by atoms with Crippen molar-refractivity contribution in [3.63, 3.8) is 0 Å². The standard InChI is InChI=1S/C25H32ClN3O2S/c1-2-3-4-5-9-16-29-32(30,31)24-11-10-22(19-23(24)26)28-20-25(14-7-6-8-15-25)21-12-17-27-18-13-21/h10-13,17-19,28-29H,4-9,14-16,20H2,1H3. The average Bonchev–Trinajstić information content (AvgIpc) is 2.81. The van der Waals surface area contributed by atoms with Crippen LogP contribution in [0, 0.1) is 11.8 Å².